The van der Waals surface area contributed by atoms with Crippen molar-refractivity contribution >= 4 is 35.6 Å². The Hall–Kier alpha value is -1.02. The molecule has 2 N–H and O–H groups in total. The summed E-state index contributed by atoms with van der Waals surface area (Å²) in [6, 6.07) is 8.55. The molecule has 0 bridgehead atoms. The van der Waals surface area contributed by atoms with Crippen molar-refractivity contribution in [1.82, 2.24) is 10.6 Å². The monoisotopic (exact) mass is 446 g/mol. The Labute approximate surface area is 163 Å². The van der Waals surface area contributed by atoms with Crippen molar-refractivity contribution in [2.75, 3.05) is 44.3 Å². The van der Waals surface area contributed by atoms with Crippen molar-refractivity contribution in [3.05, 3.63) is 29.8 Å². The van der Waals surface area contributed by atoms with Gasteiger partial charge in [0.1, 0.15) is 0 Å². The third-order valence-electron chi connectivity index (χ3n) is 3.92. The minimum absolute atomic E-state index is 0. The Morgan fingerprint density at radius 1 is 1.17 bits per heavy atom. The van der Waals surface area contributed by atoms with E-state index in [0.29, 0.717) is 6.54 Å². The Kier molecular flexibility index (Phi) is 10.8. The second-order valence-corrected chi connectivity index (χ2v) is 5.70. The molecule has 136 valence electrons. The van der Waals surface area contributed by atoms with Crippen LogP contribution >= 0.6 is 24.0 Å². The molecule has 0 aromatic heterocycles. The average molecular weight is 446 g/mol. The number of halogens is 1. The zero-order chi connectivity index (χ0) is 16.3. The summed E-state index contributed by atoms with van der Waals surface area (Å²) in [4.78, 5) is 7.14. The van der Waals surface area contributed by atoms with Crippen LogP contribution in [0.15, 0.2) is 29.3 Å². The molecule has 1 aliphatic heterocycles. The van der Waals surface area contributed by atoms with E-state index >= 15 is 0 Å². The first-order valence-corrected chi connectivity index (χ1v) is 8.78. The highest BCUT2D eigenvalue weighted by Gasteiger charge is 2.14. The summed E-state index contributed by atoms with van der Waals surface area (Å²) in [5.74, 6) is 0.901. The van der Waals surface area contributed by atoms with E-state index in [1.165, 1.54) is 17.7 Å². The molecule has 6 heteroatoms. The Morgan fingerprint density at radius 2 is 1.92 bits per heavy atom. The predicted molar refractivity (Wildman–Crippen MR) is 113 cm³/mol. The fourth-order valence-electron chi connectivity index (χ4n) is 2.65. The van der Waals surface area contributed by atoms with Gasteiger partial charge in [-0.1, -0.05) is 31.5 Å². The normalized spacial score (nSPS) is 14.9. The van der Waals surface area contributed by atoms with E-state index in [2.05, 4.69) is 53.6 Å². The summed E-state index contributed by atoms with van der Waals surface area (Å²) < 4.78 is 5.46. The molecule has 1 aromatic rings. The minimum Gasteiger partial charge on any atom is -0.378 e. The Bertz CT molecular complexity index is 490. The van der Waals surface area contributed by atoms with Crippen molar-refractivity contribution < 1.29 is 4.74 Å². The van der Waals surface area contributed by atoms with E-state index in [4.69, 9.17) is 9.73 Å². The number of hydrogen-bond acceptors (Lipinski definition) is 3. The number of benzene rings is 1. The molecule has 1 aromatic carbocycles. The molecule has 1 heterocycles. The Morgan fingerprint density at radius 3 is 2.62 bits per heavy atom. The molecule has 0 unspecified atom stereocenters. The predicted octanol–water partition coefficient (Wildman–Crippen LogP) is 3.00. The van der Waals surface area contributed by atoms with Crippen LogP contribution in [0.5, 0.6) is 0 Å². The highest BCUT2D eigenvalue weighted by Crippen LogP contribution is 2.22. The maximum atomic E-state index is 5.46. The van der Waals surface area contributed by atoms with Crippen molar-refractivity contribution in [3.8, 4) is 0 Å². The number of hydrogen-bond donors (Lipinski definition) is 2. The van der Waals surface area contributed by atoms with Crippen LogP contribution in [0.1, 0.15) is 32.3 Å². The molecule has 0 amide bonds. The van der Waals surface area contributed by atoms with Crippen LogP contribution in [-0.2, 0) is 11.3 Å². The van der Waals surface area contributed by atoms with Gasteiger partial charge in [-0.25, -0.2) is 4.99 Å². The average Bonchev–Trinajstić information content (AvgIpc) is 2.61. The maximum Gasteiger partial charge on any atom is 0.191 e. The van der Waals surface area contributed by atoms with Crippen LogP contribution in [-0.4, -0.2) is 45.4 Å². The molecular formula is C18H31IN4O. The number of ether oxygens (including phenoxy) is 1. The van der Waals surface area contributed by atoms with Gasteiger partial charge in [0.2, 0.25) is 0 Å². The van der Waals surface area contributed by atoms with Crippen molar-refractivity contribution in [1.29, 1.82) is 0 Å². The molecule has 0 saturated carbocycles. The van der Waals surface area contributed by atoms with Gasteiger partial charge >= 0.3 is 0 Å². The van der Waals surface area contributed by atoms with E-state index in [9.17, 15) is 0 Å². The fourth-order valence-corrected chi connectivity index (χ4v) is 2.65. The maximum absolute atomic E-state index is 5.46. The number of rotatable bonds is 7. The number of unbranched alkanes of at least 4 members (excludes halogenated alkanes) is 1. The van der Waals surface area contributed by atoms with Crippen LogP contribution < -0.4 is 15.5 Å². The molecule has 2 rings (SSSR count). The first-order valence-electron chi connectivity index (χ1n) is 8.78. The van der Waals surface area contributed by atoms with E-state index < -0.39 is 0 Å². The van der Waals surface area contributed by atoms with Gasteiger partial charge in [0.15, 0.2) is 5.96 Å². The number of morpholine rings is 1. The van der Waals surface area contributed by atoms with Crippen molar-refractivity contribution in [2.24, 2.45) is 4.99 Å². The highest BCUT2D eigenvalue weighted by atomic mass is 127. The molecule has 1 aliphatic rings. The summed E-state index contributed by atoms with van der Waals surface area (Å²) in [7, 11) is 0. The van der Waals surface area contributed by atoms with Crippen LogP contribution in [0.2, 0.25) is 0 Å². The van der Waals surface area contributed by atoms with Crippen LogP contribution in [0.3, 0.4) is 0 Å². The zero-order valence-electron chi connectivity index (χ0n) is 14.9. The summed E-state index contributed by atoms with van der Waals surface area (Å²) in [6.45, 7) is 10.3. The molecule has 1 saturated heterocycles. The summed E-state index contributed by atoms with van der Waals surface area (Å²) >= 11 is 0. The van der Waals surface area contributed by atoms with Gasteiger partial charge in [-0.05, 0) is 25.0 Å². The van der Waals surface area contributed by atoms with Gasteiger partial charge in [-0.2, -0.15) is 0 Å². The van der Waals surface area contributed by atoms with E-state index in [1.54, 1.807) is 0 Å². The van der Waals surface area contributed by atoms with Gasteiger partial charge in [-0.15, -0.1) is 24.0 Å². The molecule has 24 heavy (non-hydrogen) atoms. The SMILES string of the molecule is CCCCNC(=NCc1ccccc1N1CCOCC1)NCC.I. The van der Waals surface area contributed by atoms with E-state index in [1.807, 2.05) is 0 Å². The lowest BCUT2D eigenvalue weighted by molar-refractivity contribution is 0.122. The number of aliphatic imine (C=N–C) groups is 1. The lowest BCUT2D eigenvalue weighted by Gasteiger charge is -2.30. The number of nitrogens with one attached hydrogen (secondary N) is 2. The topological polar surface area (TPSA) is 48.9 Å². The lowest BCUT2D eigenvalue weighted by Crippen LogP contribution is -2.38. The summed E-state index contributed by atoms with van der Waals surface area (Å²) in [5, 5.41) is 6.71. The number of para-hydroxylation sites is 1. The minimum atomic E-state index is 0. The summed E-state index contributed by atoms with van der Waals surface area (Å²) in [6.07, 6.45) is 2.35. The van der Waals surface area contributed by atoms with Crippen LogP contribution in [0, 0.1) is 0 Å². The number of nitrogens with zero attached hydrogens (tertiary/aromatic N) is 2. The van der Waals surface area contributed by atoms with Gasteiger partial charge in [0.05, 0.1) is 19.8 Å². The molecule has 0 atom stereocenters. The molecule has 0 radical (unpaired) electrons. The van der Waals surface area contributed by atoms with Gasteiger partial charge in [0.25, 0.3) is 0 Å². The molecule has 5 nitrogen and oxygen atoms in total. The smallest absolute Gasteiger partial charge is 0.191 e. The zero-order valence-corrected chi connectivity index (χ0v) is 17.2. The van der Waals surface area contributed by atoms with E-state index in [-0.39, 0.29) is 24.0 Å². The Balaban J connectivity index is 0.00000288. The van der Waals surface area contributed by atoms with Gasteiger partial charge < -0.3 is 20.3 Å². The fraction of sp³-hybridized carbons (Fsp3) is 0.611. The standard InChI is InChI=1S/C18H30N4O.HI/c1-3-5-10-20-18(19-4-2)21-15-16-8-6-7-9-17(16)22-11-13-23-14-12-22;/h6-9H,3-5,10-15H2,1-2H3,(H2,19,20,21);1H. The molecule has 0 spiro atoms. The van der Waals surface area contributed by atoms with Crippen LogP contribution in [0.25, 0.3) is 0 Å². The van der Waals surface area contributed by atoms with E-state index in [0.717, 1.165) is 51.8 Å². The number of anilines is 1. The highest BCUT2D eigenvalue weighted by molar-refractivity contribution is 14.0. The molecule has 1 fully saturated rings. The first kappa shape index (κ1) is 21.0. The van der Waals surface area contributed by atoms with Gasteiger partial charge in [-0.3, -0.25) is 0 Å². The van der Waals surface area contributed by atoms with Crippen LogP contribution in [0.4, 0.5) is 5.69 Å². The molecule has 0 aliphatic carbocycles. The number of guanidine groups is 1. The van der Waals surface area contributed by atoms with Gasteiger partial charge in [0, 0.05) is 31.9 Å². The third kappa shape index (κ3) is 6.84. The first-order chi connectivity index (χ1) is 11.3. The third-order valence-corrected chi connectivity index (χ3v) is 3.92. The quantitative estimate of drug-likeness (QED) is 0.293. The lowest BCUT2D eigenvalue weighted by atomic mass is 10.1. The van der Waals surface area contributed by atoms with Crippen molar-refractivity contribution in [3.63, 3.8) is 0 Å². The summed E-state index contributed by atoms with van der Waals surface area (Å²) in [5.41, 5.74) is 2.55. The largest absolute Gasteiger partial charge is 0.378 e. The second kappa shape index (κ2) is 12.4. The second-order valence-electron chi connectivity index (χ2n) is 5.70. The van der Waals surface area contributed by atoms with Crippen molar-refractivity contribution in [2.45, 2.75) is 33.2 Å². The molecular weight excluding hydrogens is 415 g/mol.